The van der Waals surface area contributed by atoms with Crippen molar-refractivity contribution in [3.63, 3.8) is 0 Å². The summed E-state index contributed by atoms with van der Waals surface area (Å²) >= 11 is 0. The lowest BCUT2D eigenvalue weighted by atomic mass is 10.1. The molecule has 2 heterocycles. The number of pyridine rings is 1. The van der Waals surface area contributed by atoms with Gasteiger partial charge in [-0.2, -0.15) is 0 Å². The number of hydrogen-bond acceptors (Lipinski definition) is 2. The largest absolute Gasteiger partial charge is 0.269 e. The summed E-state index contributed by atoms with van der Waals surface area (Å²) in [6.07, 6.45) is 6.42. The molecule has 0 N–H and O–H groups in total. The lowest BCUT2D eigenvalue weighted by Gasteiger charge is -2.02. The fourth-order valence-corrected chi connectivity index (χ4v) is 1.60. The van der Waals surface area contributed by atoms with E-state index in [0.717, 1.165) is 24.8 Å². The van der Waals surface area contributed by atoms with Crippen molar-refractivity contribution in [1.29, 1.82) is 0 Å². The number of hydrogen-bond donors (Lipinski definition) is 0. The van der Waals surface area contributed by atoms with Crippen LogP contribution < -0.4 is 5.56 Å². The van der Waals surface area contributed by atoms with E-state index in [1.165, 1.54) is 0 Å². The third kappa shape index (κ3) is 1.91. The van der Waals surface area contributed by atoms with Gasteiger partial charge in [-0.25, -0.2) is 4.98 Å². The van der Waals surface area contributed by atoms with Crippen LogP contribution in [0.3, 0.4) is 0 Å². The summed E-state index contributed by atoms with van der Waals surface area (Å²) in [5, 5.41) is 0. The molecular formula is C12H14N2O. The van der Waals surface area contributed by atoms with Gasteiger partial charge in [0.05, 0.1) is 0 Å². The molecule has 3 nitrogen and oxygen atoms in total. The summed E-state index contributed by atoms with van der Waals surface area (Å²) in [5.41, 5.74) is 1.58. The van der Waals surface area contributed by atoms with E-state index < -0.39 is 0 Å². The molecule has 15 heavy (non-hydrogen) atoms. The second-order valence-electron chi connectivity index (χ2n) is 3.62. The molecule has 0 aliphatic carbocycles. The van der Waals surface area contributed by atoms with Crippen molar-refractivity contribution in [3.05, 3.63) is 46.5 Å². The quantitative estimate of drug-likeness (QED) is 0.763. The molecule has 0 spiro atoms. The van der Waals surface area contributed by atoms with Crippen molar-refractivity contribution in [2.24, 2.45) is 0 Å². The zero-order valence-electron chi connectivity index (χ0n) is 8.81. The van der Waals surface area contributed by atoms with E-state index in [2.05, 4.69) is 11.9 Å². The molecule has 0 amide bonds. The number of rotatable bonds is 3. The fourth-order valence-electron chi connectivity index (χ4n) is 1.60. The molecule has 0 atom stereocenters. The van der Waals surface area contributed by atoms with Crippen LogP contribution in [0.15, 0.2) is 35.4 Å². The molecule has 0 bridgehead atoms. The van der Waals surface area contributed by atoms with Crippen molar-refractivity contribution >= 4 is 5.65 Å². The molecule has 0 saturated heterocycles. The Balaban J connectivity index is 2.51. The lowest BCUT2D eigenvalue weighted by Crippen LogP contribution is -2.18. The van der Waals surface area contributed by atoms with Gasteiger partial charge in [-0.15, -0.1) is 0 Å². The maximum Gasteiger partial charge on any atom is 0.261 e. The molecule has 2 rings (SSSR count). The highest BCUT2D eigenvalue weighted by Gasteiger charge is 2.02. The first kappa shape index (κ1) is 9.90. The molecule has 2 aromatic heterocycles. The molecule has 0 aliphatic rings. The molecule has 78 valence electrons. The second kappa shape index (κ2) is 4.26. The molecule has 0 saturated carbocycles. The van der Waals surface area contributed by atoms with Gasteiger partial charge in [-0.1, -0.05) is 19.4 Å². The second-order valence-corrected chi connectivity index (χ2v) is 3.62. The van der Waals surface area contributed by atoms with Crippen LogP contribution >= 0.6 is 0 Å². The average molecular weight is 202 g/mol. The number of aromatic nitrogens is 2. The molecule has 0 fully saturated rings. The first-order chi connectivity index (χ1) is 7.33. The monoisotopic (exact) mass is 202 g/mol. The van der Waals surface area contributed by atoms with Crippen molar-refractivity contribution in [1.82, 2.24) is 9.38 Å². The Hall–Kier alpha value is -1.64. The van der Waals surface area contributed by atoms with E-state index >= 15 is 0 Å². The summed E-state index contributed by atoms with van der Waals surface area (Å²) < 4.78 is 1.60. The predicted molar refractivity (Wildman–Crippen MR) is 60.1 cm³/mol. The summed E-state index contributed by atoms with van der Waals surface area (Å²) in [6.45, 7) is 2.12. The minimum absolute atomic E-state index is 0.0639. The van der Waals surface area contributed by atoms with E-state index in [4.69, 9.17) is 0 Å². The Labute approximate surface area is 88.4 Å². The Morgan fingerprint density at radius 1 is 1.40 bits per heavy atom. The van der Waals surface area contributed by atoms with Crippen molar-refractivity contribution in [2.45, 2.75) is 26.2 Å². The van der Waals surface area contributed by atoms with Crippen LogP contribution in [0.2, 0.25) is 0 Å². The van der Waals surface area contributed by atoms with Crippen LogP contribution in [0.4, 0.5) is 0 Å². The molecule has 0 unspecified atom stereocenters. The number of aryl methyl sites for hydroxylation is 1. The molecule has 0 aromatic carbocycles. The summed E-state index contributed by atoms with van der Waals surface area (Å²) in [4.78, 5) is 16.2. The van der Waals surface area contributed by atoms with Gasteiger partial charge in [-0.3, -0.25) is 9.20 Å². The maximum atomic E-state index is 12.0. The summed E-state index contributed by atoms with van der Waals surface area (Å²) in [5.74, 6) is 0. The van der Waals surface area contributed by atoms with Crippen LogP contribution in [0, 0.1) is 0 Å². The van der Waals surface area contributed by atoms with Crippen LogP contribution in [0.25, 0.3) is 5.65 Å². The average Bonchev–Trinajstić information content (AvgIpc) is 2.29. The first-order valence-corrected chi connectivity index (χ1v) is 5.28. The standard InChI is InChI=1S/C12H14N2O/c1-2-3-6-10-9-13-11-7-4-5-8-14(11)12(10)15/h4-5,7-9H,2-3,6H2,1H3. The maximum absolute atomic E-state index is 12.0. The van der Waals surface area contributed by atoms with Gasteiger partial charge in [0.1, 0.15) is 5.65 Å². The van der Waals surface area contributed by atoms with E-state index in [1.807, 2.05) is 18.2 Å². The Morgan fingerprint density at radius 2 is 2.27 bits per heavy atom. The highest BCUT2D eigenvalue weighted by Crippen LogP contribution is 2.01. The molecule has 2 aromatic rings. The molecule has 0 aliphatic heterocycles. The van der Waals surface area contributed by atoms with Gasteiger partial charge in [0.2, 0.25) is 0 Å². The zero-order valence-corrected chi connectivity index (χ0v) is 8.81. The third-order valence-corrected chi connectivity index (χ3v) is 2.48. The number of nitrogens with zero attached hydrogens (tertiary/aromatic N) is 2. The summed E-state index contributed by atoms with van der Waals surface area (Å²) in [6, 6.07) is 5.57. The smallest absolute Gasteiger partial charge is 0.261 e. The lowest BCUT2D eigenvalue weighted by molar-refractivity contribution is 0.778. The fraction of sp³-hybridized carbons (Fsp3) is 0.333. The third-order valence-electron chi connectivity index (χ3n) is 2.48. The number of fused-ring (bicyclic) bond motifs is 1. The predicted octanol–water partition coefficient (Wildman–Crippen LogP) is 2.04. The highest BCUT2D eigenvalue weighted by molar-refractivity contribution is 5.37. The Morgan fingerprint density at radius 3 is 3.07 bits per heavy atom. The van der Waals surface area contributed by atoms with Crippen LogP contribution in [-0.4, -0.2) is 9.38 Å². The van der Waals surface area contributed by atoms with Crippen molar-refractivity contribution < 1.29 is 0 Å². The van der Waals surface area contributed by atoms with Gasteiger partial charge in [0, 0.05) is 18.0 Å². The van der Waals surface area contributed by atoms with Gasteiger partial charge in [0.25, 0.3) is 5.56 Å². The minimum atomic E-state index is 0.0639. The van der Waals surface area contributed by atoms with Gasteiger partial charge in [0.15, 0.2) is 0 Å². The zero-order chi connectivity index (χ0) is 10.7. The van der Waals surface area contributed by atoms with Crippen LogP contribution in [0.5, 0.6) is 0 Å². The number of unbranched alkanes of at least 4 members (excludes halogenated alkanes) is 1. The van der Waals surface area contributed by atoms with Gasteiger partial charge in [-0.05, 0) is 25.0 Å². The summed E-state index contributed by atoms with van der Waals surface area (Å²) in [7, 11) is 0. The normalized spacial score (nSPS) is 10.7. The topological polar surface area (TPSA) is 34.4 Å². The minimum Gasteiger partial charge on any atom is -0.269 e. The molecule has 3 heteroatoms. The Bertz CT molecular complexity index is 516. The molecular weight excluding hydrogens is 188 g/mol. The van der Waals surface area contributed by atoms with Gasteiger partial charge >= 0.3 is 0 Å². The van der Waals surface area contributed by atoms with Crippen LogP contribution in [-0.2, 0) is 6.42 Å². The molecule has 0 radical (unpaired) electrons. The van der Waals surface area contributed by atoms with E-state index in [-0.39, 0.29) is 5.56 Å². The van der Waals surface area contributed by atoms with Gasteiger partial charge < -0.3 is 0 Å². The van der Waals surface area contributed by atoms with Crippen LogP contribution in [0.1, 0.15) is 25.3 Å². The SMILES string of the molecule is CCCCc1cnc2ccccn2c1=O. The van der Waals surface area contributed by atoms with Crippen molar-refractivity contribution in [3.8, 4) is 0 Å². The van der Waals surface area contributed by atoms with E-state index in [0.29, 0.717) is 5.65 Å². The Kier molecular flexibility index (Phi) is 2.81. The highest BCUT2D eigenvalue weighted by atomic mass is 16.1. The van der Waals surface area contributed by atoms with E-state index in [1.54, 1.807) is 16.8 Å². The first-order valence-electron chi connectivity index (χ1n) is 5.28. The van der Waals surface area contributed by atoms with E-state index in [9.17, 15) is 4.79 Å². The van der Waals surface area contributed by atoms with Crippen molar-refractivity contribution in [2.75, 3.05) is 0 Å².